The standard InChI is InChI=1S/C26H26N2O4/c1-3-31-25(29)21-12-10-20(11-13-21)24(27-18-19-8-6-5-7-9-19)28-23-16-14-22(15-17-23)26(30)32-4-2/h5-17H,3-4,18H2,1-2H3,(H,27,28). The number of carbonyl (C=O) groups is 2. The molecule has 0 aliphatic carbocycles. The first-order valence-corrected chi connectivity index (χ1v) is 10.5. The van der Waals surface area contributed by atoms with E-state index in [0.717, 1.165) is 16.8 Å². The minimum atomic E-state index is -0.357. The highest BCUT2D eigenvalue weighted by molar-refractivity contribution is 6.08. The summed E-state index contributed by atoms with van der Waals surface area (Å²) in [6, 6.07) is 24.1. The molecule has 0 radical (unpaired) electrons. The number of nitrogens with zero attached hydrogens (tertiary/aromatic N) is 1. The van der Waals surface area contributed by atoms with Gasteiger partial charge in [-0.05, 0) is 55.8 Å². The molecule has 0 aliphatic heterocycles. The molecule has 0 spiro atoms. The Balaban J connectivity index is 1.84. The van der Waals surface area contributed by atoms with Crippen molar-refractivity contribution in [1.82, 2.24) is 0 Å². The zero-order valence-corrected chi connectivity index (χ0v) is 18.2. The Labute approximate surface area is 187 Å². The number of nitrogens with one attached hydrogen (secondary N) is 1. The quantitative estimate of drug-likeness (QED) is 0.306. The second kappa shape index (κ2) is 11.5. The summed E-state index contributed by atoms with van der Waals surface area (Å²) in [5.74, 6) is -0.0657. The van der Waals surface area contributed by atoms with E-state index < -0.39 is 0 Å². The lowest BCUT2D eigenvalue weighted by Crippen LogP contribution is -2.15. The van der Waals surface area contributed by atoms with E-state index in [0.29, 0.717) is 36.7 Å². The maximum atomic E-state index is 12.0. The van der Waals surface area contributed by atoms with E-state index in [1.165, 1.54) is 0 Å². The van der Waals surface area contributed by atoms with Gasteiger partial charge in [-0.1, -0.05) is 42.5 Å². The first kappa shape index (κ1) is 22.7. The van der Waals surface area contributed by atoms with E-state index in [-0.39, 0.29) is 11.9 Å². The third-order valence-corrected chi connectivity index (χ3v) is 4.59. The van der Waals surface area contributed by atoms with Gasteiger partial charge in [-0.3, -0.25) is 4.99 Å². The largest absolute Gasteiger partial charge is 0.462 e. The van der Waals surface area contributed by atoms with E-state index in [2.05, 4.69) is 5.32 Å². The molecule has 0 bridgehead atoms. The van der Waals surface area contributed by atoms with E-state index in [9.17, 15) is 9.59 Å². The summed E-state index contributed by atoms with van der Waals surface area (Å²) < 4.78 is 10.1. The number of amidine groups is 1. The molecule has 0 unspecified atom stereocenters. The van der Waals surface area contributed by atoms with Crippen LogP contribution < -0.4 is 5.32 Å². The Morgan fingerprint density at radius 1 is 0.719 bits per heavy atom. The number of anilines is 1. The summed E-state index contributed by atoms with van der Waals surface area (Å²) in [6.07, 6.45) is 0. The first-order chi connectivity index (χ1) is 15.6. The van der Waals surface area contributed by atoms with Crippen LogP contribution in [0.2, 0.25) is 0 Å². The molecule has 0 saturated carbocycles. The van der Waals surface area contributed by atoms with Gasteiger partial charge in [0, 0.05) is 11.3 Å². The molecule has 1 N–H and O–H groups in total. The molecular weight excluding hydrogens is 404 g/mol. The Kier molecular flexibility index (Phi) is 8.15. The van der Waals surface area contributed by atoms with Crippen LogP contribution in [0.25, 0.3) is 0 Å². The van der Waals surface area contributed by atoms with E-state index in [1.807, 2.05) is 42.5 Å². The highest BCUT2D eigenvalue weighted by Gasteiger charge is 2.10. The molecule has 0 saturated heterocycles. The zero-order valence-electron chi connectivity index (χ0n) is 18.2. The van der Waals surface area contributed by atoms with Crippen LogP contribution in [-0.4, -0.2) is 31.0 Å². The predicted octanol–water partition coefficient (Wildman–Crippen LogP) is 5.10. The number of aliphatic imine (C=N–C) groups is 1. The van der Waals surface area contributed by atoms with Crippen molar-refractivity contribution in [3.05, 3.63) is 101 Å². The Bertz CT molecular complexity index is 1060. The fourth-order valence-electron chi connectivity index (χ4n) is 2.98. The number of hydrogen-bond acceptors (Lipinski definition) is 5. The van der Waals surface area contributed by atoms with Crippen LogP contribution >= 0.6 is 0 Å². The number of benzene rings is 3. The lowest BCUT2D eigenvalue weighted by molar-refractivity contribution is 0.0517. The second-order valence-corrected chi connectivity index (χ2v) is 6.87. The summed E-state index contributed by atoms with van der Waals surface area (Å²) >= 11 is 0. The molecule has 3 aromatic carbocycles. The molecule has 3 aromatic rings. The van der Waals surface area contributed by atoms with Gasteiger partial charge in [-0.15, -0.1) is 0 Å². The monoisotopic (exact) mass is 430 g/mol. The molecule has 164 valence electrons. The minimum absolute atomic E-state index is 0.327. The van der Waals surface area contributed by atoms with E-state index >= 15 is 0 Å². The highest BCUT2D eigenvalue weighted by atomic mass is 16.5. The maximum Gasteiger partial charge on any atom is 0.338 e. The minimum Gasteiger partial charge on any atom is -0.462 e. The van der Waals surface area contributed by atoms with Gasteiger partial charge in [0.15, 0.2) is 0 Å². The molecule has 0 heterocycles. The van der Waals surface area contributed by atoms with Gasteiger partial charge in [0.25, 0.3) is 0 Å². The van der Waals surface area contributed by atoms with Crippen LogP contribution in [-0.2, 0) is 16.0 Å². The van der Waals surface area contributed by atoms with Gasteiger partial charge in [-0.2, -0.15) is 0 Å². The molecule has 0 atom stereocenters. The highest BCUT2D eigenvalue weighted by Crippen LogP contribution is 2.15. The van der Waals surface area contributed by atoms with Gasteiger partial charge in [0.1, 0.15) is 5.84 Å². The average molecular weight is 431 g/mol. The van der Waals surface area contributed by atoms with Crippen molar-refractivity contribution >= 4 is 23.5 Å². The third kappa shape index (κ3) is 6.28. The summed E-state index contributed by atoms with van der Waals surface area (Å²) in [7, 11) is 0. The van der Waals surface area contributed by atoms with Crippen LogP contribution in [0.3, 0.4) is 0 Å². The van der Waals surface area contributed by atoms with Gasteiger partial charge in [0.05, 0.1) is 30.9 Å². The van der Waals surface area contributed by atoms with Gasteiger partial charge >= 0.3 is 11.9 Å². The van der Waals surface area contributed by atoms with Crippen LogP contribution in [0.15, 0.2) is 83.9 Å². The SMILES string of the molecule is CCOC(=O)c1ccc(NC(=NCc2ccccc2)c2ccc(C(=O)OCC)cc2)cc1. The summed E-state index contributed by atoms with van der Waals surface area (Å²) in [6.45, 7) is 4.70. The van der Waals surface area contributed by atoms with Crippen LogP contribution in [0.4, 0.5) is 5.69 Å². The lowest BCUT2D eigenvalue weighted by atomic mass is 10.1. The average Bonchev–Trinajstić information content (AvgIpc) is 2.83. The maximum absolute atomic E-state index is 12.0. The first-order valence-electron chi connectivity index (χ1n) is 10.5. The molecule has 0 aromatic heterocycles. The predicted molar refractivity (Wildman–Crippen MR) is 125 cm³/mol. The Morgan fingerprint density at radius 2 is 1.22 bits per heavy atom. The molecule has 0 fully saturated rings. The summed E-state index contributed by atoms with van der Waals surface area (Å²) in [5.41, 5.74) is 3.64. The molecule has 6 nitrogen and oxygen atoms in total. The van der Waals surface area contributed by atoms with Crippen LogP contribution in [0.5, 0.6) is 0 Å². The van der Waals surface area contributed by atoms with Gasteiger partial charge in [-0.25, -0.2) is 9.59 Å². The van der Waals surface area contributed by atoms with E-state index in [4.69, 9.17) is 14.5 Å². The van der Waals surface area contributed by atoms with Crippen molar-refractivity contribution in [2.24, 2.45) is 4.99 Å². The number of rotatable bonds is 8. The van der Waals surface area contributed by atoms with Crippen molar-refractivity contribution < 1.29 is 19.1 Å². The topological polar surface area (TPSA) is 77.0 Å². The number of hydrogen-bond donors (Lipinski definition) is 1. The molecule has 0 aliphatic rings. The van der Waals surface area contributed by atoms with Gasteiger partial charge in [0.2, 0.25) is 0 Å². The van der Waals surface area contributed by atoms with E-state index in [1.54, 1.807) is 50.2 Å². The fourth-order valence-corrected chi connectivity index (χ4v) is 2.98. The van der Waals surface area contributed by atoms with Crippen molar-refractivity contribution in [1.29, 1.82) is 0 Å². The Hall–Kier alpha value is -3.93. The molecule has 0 amide bonds. The zero-order chi connectivity index (χ0) is 22.8. The van der Waals surface area contributed by atoms with Crippen molar-refractivity contribution in [3.8, 4) is 0 Å². The molecular formula is C26H26N2O4. The second-order valence-electron chi connectivity index (χ2n) is 6.87. The summed E-state index contributed by atoms with van der Waals surface area (Å²) in [4.78, 5) is 28.6. The van der Waals surface area contributed by atoms with Crippen LogP contribution in [0, 0.1) is 0 Å². The van der Waals surface area contributed by atoms with Crippen molar-refractivity contribution in [2.75, 3.05) is 18.5 Å². The van der Waals surface area contributed by atoms with Crippen molar-refractivity contribution in [2.45, 2.75) is 20.4 Å². The fraction of sp³-hybridized carbons (Fsp3) is 0.192. The molecule has 32 heavy (non-hydrogen) atoms. The van der Waals surface area contributed by atoms with Crippen LogP contribution in [0.1, 0.15) is 45.7 Å². The lowest BCUT2D eigenvalue weighted by Gasteiger charge is -2.12. The Morgan fingerprint density at radius 3 is 1.75 bits per heavy atom. The normalized spacial score (nSPS) is 11.0. The summed E-state index contributed by atoms with van der Waals surface area (Å²) in [5, 5.41) is 3.32. The smallest absolute Gasteiger partial charge is 0.338 e. The third-order valence-electron chi connectivity index (χ3n) is 4.59. The molecule has 6 heteroatoms. The molecule has 3 rings (SSSR count). The van der Waals surface area contributed by atoms with Gasteiger partial charge < -0.3 is 14.8 Å². The number of ether oxygens (including phenoxy) is 2. The van der Waals surface area contributed by atoms with Crippen molar-refractivity contribution in [3.63, 3.8) is 0 Å². The number of carbonyl (C=O) groups excluding carboxylic acids is 2. The number of esters is 2.